The number of carbonyl (C=O) groups excluding carboxylic acids is 1. The molecule has 1 aromatic carbocycles. The molecule has 0 bridgehead atoms. The molecule has 0 radical (unpaired) electrons. The van der Waals surface area contributed by atoms with Crippen LogP contribution in [-0.2, 0) is 0 Å². The molecule has 1 fully saturated rings. The molecule has 0 aliphatic heterocycles. The first-order valence-corrected chi connectivity index (χ1v) is 6.45. The van der Waals surface area contributed by atoms with E-state index >= 15 is 0 Å². The number of halogens is 1. The van der Waals surface area contributed by atoms with Crippen LogP contribution in [0.5, 0.6) is 0 Å². The summed E-state index contributed by atoms with van der Waals surface area (Å²) in [6.07, 6.45) is 7.03. The first kappa shape index (κ1) is 11.7. The second kappa shape index (κ2) is 5.49. The van der Waals surface area contributed by atoms with Gasteiger partial charge in [0.1, 0.15) is 0 Å². The molecule has 1 aliphatic rings. The lowest BCUT2D eigenvalue weighted by atomic mass is 9.91. The first-order chi connectivity index (χ1) is 7.77. The molecule has 0 unspecified atom stereocenters. The Morgan fingerprint density at radius 3 is 2.44 bits per heavy atom. The molecule has 0 heterocycles. The van der Waals surface area contributed by atoms with Gasteiger partial charge >= 0.3 is 0 Å². The van der Waals surface area contributed by atoms with E-state index in [0.29, 0.717) is 5.02 Å². The zero-order valence-electron chi connectivity index (χ0n) is 9.42. The van der Waals surface area contributed by atoms with E-state index < -0.39 is 0 Å². The number of carbonyl (C=O) groups is 1. The van der Waals surface area contributed by atoms with Gasteiger partial charge in [0, 0.05) is 16.5 Å². The molecule has 0 amide bonds. The fourth-order valence-electron chi connectivity index (χ4n) is 2.42. The molecule has 1 saturated carbocycles. The average molecular weight is 237 g/mol. The lowest BCUT2D eigenvalue weighted by Crippen LogP contribution is -2.13. The van der Waals surface area contributed by atoms with E-state index in [-0.39, 0.29) is 11.7 Å². The third-order valence-corrected chi connectivity index (χ3v) is 3.57. The summed E-state index contributed by atoms with van der Waals surface area (Å²) in [4.78, 5) is 12.2. The van der Waals surface area contributed by atoms with E-state index in [1.165, 1.54) is 25.7 Å². The molecule has 86 valence electrons. The van der Waals surface area contributed by atoms with Crippen LogP contribution in [-0.4, -0.2) is 5.78 Å². The van der Waals surface area contributed by atoms with Gasteiger partial charge in [-0.1, -0.05) is 49.4 Å². The van der Waals surface area contributed by atoms with Gasteiger partial charge in [0.2, 0.25) is 0 Å². The summed E-state index contributed by atoms with van der Waals surface area (Å²) in [5.41, 5.74) is 0.777. The molecular weight excluding hydrogens is 220 g/mol. The van der Waals surface area contributed by atoms with Crippen molar-refractivity contribution in [3.05, 3.63) is 34.9 Å². The Hall–Kier alpha value is -0.820. The minimum Gasteiger partial charge on any atom is -0.294 e. The Morgan fingerprint density at radius 1 is 1.12 bits per heavy atom. The van der Waals surface area contributed by atoms with Gasteiger partial charge < -0.3 is 0 Å². The van der Waals surface area contributed by atoms with Gasteiger partial charge in [0.15, 0.2) is 5.78 Å². The normalized spacial score (nSPS) is 18.1. The summed E-state index contributed by atoms with van der Waals surface area (Å²) in [6, 6.07) is 7.32. The Kier molecular flexibility index (Phi) is 4.00. The van der Waals surface area contributed by atoms with E-state index in [4.69, 9.17) is 11.6 Å². The van der Waals surface area contributed by atoms with Crippen molar-refractivity contribution in [1.29, 1.82) is 0 Å². The molecule has 16 heavy (non-hydrogen) atoms. The molecule has 1 aliphatic carbocycles. The van der Waals surface area contributed by atoms with Crippen molar-refractivity contribution in [1.82, 2.24) is 0 Å². The fourth-order valence-corrected chi connectivity index (χ4v) is 2.61. The van der Waals surface area contributed by atoms with Crippen LogP contribution in [0.4, 0.5) is 0 Å². The molecule has 1 nitrogen and oxygen atoms in total. The summed E-state index contributed by atoms with van der Waals surface area (Å²) in [5, 5.41) is 0.652. The van der Waals surface area contributed by atoms with Gasteiger partial charge in [-0.3, -0.25) is 4.79 Å². The predicted octanol–water partition coefficient (Wildman–Crippen LogP) is 4.49. The van der Waals surface area contributed by atoms with E-state index in [1.54, 1.807) is 6.07 Å². The van der Waals surface area contributed by atoms with Crippen molar-refractivity contribution in [3.63, 3.8) is 0 Å². The van der Waals surface area contributed by atoms with Crippen molar-refractivity contribution in [2.75, 3.05) is 0 Å². The number of hydrogen-bond donors (Lipinski definition) is 0. The largest absolute Gasteiger partial charge is 0.294 e. The number of Topliss-reactive ketones (excluding diaryl/α,β-unsaturated/α-hetero) is 1. The van der Waals surface area contributed by atoms with Gasteiger partial charge in [-0.25, -0.2) is 0 Å². The topological polar surface area (TPSA) is 17.1 Å². The molecule has 1 aromatic rings. The maximum absolute atomic E-state index is 12.2. The van der Waals surface area contributed by atoms with Gasteiger partial charge in [-0.05, 0) is 25.0 Å². The Bertz CT molecular complexity index is 365. The maximum Gasteiger partial charge on any atom is 0.165 e. The first-order valence-electron chi connectivity index (χ1n) is 6.07. The molecule has 0 atom stereocenters. The zero-order valence-corrected chi connectivity index (χ0v) is 10.2. The second-order valence-corrected chi connectivity index (χ2v) is 5.00. The van der Waals surface area contributed by atoms with Crippen molar-refractivity contribution in [2.45, 2.75) is 38.5 Å². The summed E-state index contributed by atoms with van der Waals surface area (Å²) in [7, 11) is 0. The molecular formula is C14H17ClO. The fraction of sp³-hybridized carbons (Fsp3) is 0.500. The SMILES string of the molecule is O=C(c1cccc(Cl)c1)C1CCCCCC1. The van der Waals surface area contributed by atoms with E-state index in [0.717, 1.165) is 18.4 Å². The van der Waals surface area contributed by atoms with E-state index in [2.05, 4.69) is 0 Å². The van der Waals surface area contributed by atoms with Crippen LogP contribution in [0.2, 0.25) is 5.02 Å². The number of ketones is 1. The standard InChI is InChI=1S/C14H17ClO/c15-13-9-5-8-12(10-13)14(16)11-6-3-1-2-4-7-11/h5,8-11H,1-4,6-7H2. The number of benzene rings is 1. The van der Waals surface area contributed by atoms with Crippen molar-refractivity contribution in [3.8, 4) is 0 Å². The lowest BCUT2D eigenvalue weighted by molar-refractivity contribution is 0.0908. The second-order valence-electron chi connectivity index (χ2n) is 4.56. The molecule has 2 heteroatoms. The summed E-state index contributed by atoms with van der Waals surface area (Å²) < 4.78 is 0. The molecule has 0 N–H and O–H groups in total. The summed E-state index contributed by atoms with van der Waals surface area (Å²) in [6.45, 7) is 0. The molecule has 0 saturated heterocycles. The Labute approximate surface area is 102 Å². The smallest absolute Gasteiger partial charge is 0.165 e. The minimum atomic E-state index is 0.223. The van der Waals surface area contributed by atoms with Crippen LogP contribution in [0.1, 0.15) is 48.9 Å². The molecule has 0 aromatic heterocycles. The van der Waals surface area contributed by atoms with Crippen LogP contribution in [0, 0.1) is 5.92 Å². The highest BCUT2D eigenvalue weighted by Crippen LogP contribution is 2.26. The van der Waals surface area contributed by atoms with Crippen LogP contribution in [0.25, 0.3) is 0 Å². The quantitative estimate of drug-likeness (QED) is 0.546. The zero-order chi connectivity index (χ0) is 11.4. The van der Waals surface area contributed by atoms with Crippen molar-refractivity contribution in [2.24, 2.45) is 5.92 Å². The van der Waals surface area contributed by atoms with Gasteiger partial charge in [-0.15, -0.1) is 0 Å². The van der Waals surface area contributed by atoms with Crippen LogP contribution >= 0.6 is 11.6 Å². The van der Waals surface area contributed by atoms with Crippen LogP contribution in [0.3, 0.4) is 0 Å². The number of hydrogen-bond acceptors (Lipinski definition) is 1. The van der Waals surface area contributed by atoms with Crippen molar-refractivity contribution < 1.29 is 4.79 Å². The average Bonchev–Trinajstić information content (AvgIpc) is 2.56. The third kappa shape index (κ3) is 2.85. The molecule has 2 rings (SSSR count). The van der Waals surface area contributed by atoms with Gasteiger partial charge in [-0.2, -0.15) is 0 Å². The summed E-state index contributed by atoms with van der Waals surface area (Å²) in [5.74, 6) is 0.505. The predicted molar refractivity (Wildman–Crippen MR) is 67.0 cm³/mol. The Morgan fingerprint density at radius 2 is 1.81 bits per heavy atom. The highest BCUT2D eigenvalue weighted by atomic mass is 35.5. The van der Waals surface area contributed by atoms with Gasteiger partial charge in [0.25, 0.3) is 0 Å². The third-order valence-electron chi connectivity index (χ3n) is 3.34. The Balaban J connectivity index is 2.11. The summed E-state index contributed by atoms with van der Waals surface area (Å²) >= 11 is 5.91. The van der Waals surface area contributed by atoms with Gasteiger partial charge in [0.05, 0.1) is 0 Å². The van der Waals surface area contributed by atoms with E-state index in [1.807, 2.05) is 18.2 Å². The van der Waals surface area contributed by atoms with Crippen molar-refractivity contribution >= 4 is 17.4 Å². The lowest BCUT2D eigenvalue weighted by Gasteiger charge is -2.12. The van der Waals surface area contributed by atoms with Crippen LogP contribution in [0.15, 0.2) is 24.3 Å². The monoisotopic (exact) mass is 236 g/mol. The molecule has 0 spiro atoms. The highest BCUT2D eigenvalue weighted by Gasteiger charge is 2.21. The number of rotatable bonds is 2. The maximum atomic E-state index is 12.2. The highest BCUT2D eigenvalue weighted by molar-refractivity contribution is 6.31. The minimum absolute atomic E-state index is 0.223. The van der Waals surface area contributed by atoms with E-state index in [9.17, 15) is 4.79 Å². The van der Waals surface area contributed by atoms with Crippen LogP contribution < -0.4 is 0 Å².